The van der Waals surface area contributed by atoms with Crippen molar-refractivity contribution in [3.8, 4) is 0 Å². The summed E-state index contributed by atoms with van der Waals surface area (Å²) in [5, 5.41) is 3.34. The van der Waals surface area contributed by atoms with E-state index in [-0.39, 0.29) is 0 Å². The summed E-state index contributed by atoms with van der Waals surface area (Å²) in [6.07, 6.45) is 2.05. The van der Waals surface area contributed by atoms with Gasteiger partial charge in [-0.05, 0) is 55.5 Å². The zero-order valence-electron chi connectivity index (χ0n) is 14.9. The topological polar surface area (TPSA) is 49.4 Å². The summed E-state index contributed by atoms with van der Waals surface area (Å²) < 4.78 is 27.2. The first-order chi connectivity index (χ1) is 11.9. The molecule has 25 heavy (non-hydrogen) atoms. The molecule has 134 valence electrons. The van der Waals surface area contributed by atoms with Crippen LogP contribution in [0.5, 0.6) is 0 Å². The van der Waals surface area contributed by atoms with E-state index in [2.05, 4.69) is 37.4 Å². The van der Waals surface area contributed by atoms with Gasteiger partial charge in [-0.2, -0.15) is 4.31 Å². The molecule has 1 aliphatic rings. The Kier molecular flexibility index (Phi) is 5.45. The van der Waals surface area contributed by atoms with Crippen LogP contribution in [0.3, 0.4) is 0 Å². The fourth-order valence-electron chi connectivity index (χ4n) is 3.28. The van der Waals surface area contributed by atoms with E-state index in [9.17, 15) is 8.42 Å². The van der Waals surface area contributed by atoms with E-state index in [4.69, 9.17) is 0 Å². The molecule has 1 heterocycles. The molecule has 3 rings (SSSR count). The second-order valence-corrected chi connectivity index (χ2v) is 8.92. The number of anilines is 1. The van der Waals surface area contributed by atoms with Gasteiger partial charge in [-0.3, -0.25) is 0 Å². The quantitative estimate of drug-likeness (QED) is 0.878. The molecule has 0 radical (unpaired) electrons. The van der Waals surface area contributed by atoms with Crippen molar-refractivity contribution in [2.75, 3.05) is 18.4 Å². The zero-order chi connectivity index (χ0) is 17.9. The van der Waals surface area contributed by atoms with Crippen molar-refractivity contribution < 1.29 is 8.42 Å². The highest BCUT2D eigenvalue weighted by atomic mass is 32.2. The Morgan fingerprint density at radius 1 is 1.16 bits per heavy atom. The Labute approximate surface area is 150 Å². The lowest BCUT2D eigenvalue weighted by atomic mass is 10.0. The fraction of sp³-hybridized carbons (Fsp3) is 0.400. The van der Waals surface area contributed by atoms with Gasteiger partial charge in [0.25, 0.3) is 0 Å². The van der Waals surface area contributed by atoms with E-state index in [1.54, 1.807) is 16.4 Å². The summed E-state index contributed by atoms with van der Waals surface area (Å²) in [6.45, 7) is 6.15. The molecule has 0 saturated carbocycles. The molecule has 5 heteroatoms. The van der Waals surface area contributed by atoms with Crippen LogP contribution in [-0.4, -0.2) is 25.8 Å². The molecule has 1 aliphatic heterocycles. The highest BCUT2D eigenvalue weighted by molar-refractivity contribution is 7.89. The van der Waals surface area contributed by atoms with Crippen molar-refractivity contribution in [1.82, 2.24) is 4.31 Å². The molecule has 0 spiro atoms. The molecule has 1 N–H and O–H groups in total. The standard InChI is InChI=1S/C20H26N2O2S/c1-16-5-3-7-18(13-16)14-21-19-8-10-20(11-9-19)25(23,24)22-12-4-6-17(2)15-22/h3,5,7-11,13,17,21H,4,6,12,14-15H2,1-2H3. The van der Waals surface area contributed by atoms with E-state index >= 15 is 0 Å². The lowest BCUT2D eigenvalue weighted by Crippen LogP contribution is -2.39. The number of rotatable bonds is 5. The number of hydrogen-bond donors (Lipinski definition) is 1. The monoisotopic (exact) mass is 358 g/mol. The minimum Gasteiger partial charge on any atom is -0.381 e. The maximum atomic E-state index is 12.8. The Morgan fingerprint density at radius 2 is 1.92 bits per heavy atom. The molecule has 0 aliphatic carbocycles. The summed E-state index contributed by atoms with van der Waals surface area (Å²) in [4.78, 5) is 0.378. The molecule has 4 nitrogen and oxygen atoms in total. The number of benzene rings is 2. The highest BCUT2D eigenvalue weighted by Crippen LogP contribution is 2.24. The molecular weight excluding hydrogens is 332 g/mol. The third kappa shape index (κ3) is 4.41. The predicted octanol–water partition coefficient (Wildman–Crippen LogP) is 4.03. The van der Waals surface area contributed by atoms with Crippen LogP contribution in [0.25, 0.3) is 0 Å². The van der Waals surface area contributed by atoms with Gasteiger partial charge in [0.1, 0.15) is 0 Å². The van der Waals surface area contributed by atoms with Gasteiger partial charge in [0, 0.05) is 25.3 Å². The molecule has 1 atom stereocenters. The van der Waals surface area contributed by atoms with E-state index in [1.165, 1.54) is 11.1 Å². The number of piperidine rings is 1. The minimum atomic E-state index is -3.38. The molecule has 1 saturated heterocycles. The summed E-state index contributed by atoms with van der Waals surface area (Å²) in [5.74, 6) is 0.429. The molecule has 0 bridgehead atoms. The van der Waals surface area contributed by atoms with Crippen molar-refractivity contribution in [3.05, 3.63) is 59.7 Å². The predicted molar refractivity (Wildman–Crippen MR) is 102 cm³/mol. The van der Waals surface area contributed by atoms with E-state index < -0.39 is 10.0 Å². The molecule has 2 aromatic carbocycles. The highest BCUT2D eigenvalue weighted by Gasteiger charge is 2.28. The van der Waals surface area contributed by atoms with Gasteiger partial charge < -0.3 is 5.32 Å². The maximum absolute atomic E-state index is 12.8. The smallest absolute Gasteiger partial charge is 0.243 e. The van der Waals surface area contributed by atoms with Gasteiger partial charge in [-0.25, -0.2) is 8.42 Å². The largest absolute Gasteiger partial charge is 0.381 e. The Morgan fingerprint density at radius 3 is 2.60 bits per heavy atom. The van der Waals surface area contributed by atoms with Crippen molar-refractivity contribution in [3.63, 3.8) is 0 Å². The summed E-state index contributed by atoms with van der Waals surface area (Å²) in [6, 6.07) is 15.4. The van der Waals surface area contributed by atoms with Crippen LogP contribution < -0.4 is 5.32 Å². The van der Waals surface area contributed by atoms with Crippen LogP contribution in [0.15, 0.2) is 53.4 Å². The lowest BCUT2D eigenvalue weighted by molar-refractivity contribution is 0.281. The normalized spacial score (nSPS) is 18.9. The van der Waals surface area contributed by atoms with Gasteiger partial charge in [0.05, 0.1) is 4.90 Å². The molecule has 1 fully saturated rings. The van der Waals surface area contributed by atoms with Crippen LogP contribution in [0, 0.1) is 12.8 Å². The molecular formula is C20H26N2O2S. The Balaban J connectivity index is 1.67. The average molecular weight is 359 g/mol. The van der Waals surface area contributed by atoms with Gasteiger partial charge in [0.2, 0.25) is 10.0 Å². The third-order valence-electron chi connectivity index (χ3n) is 4.69. The van der Waals surface area contributed by atoms with Crippen molar-refractivity contribution >= 4 is 15.7 Å². The lowest BCUT2D eigenvalue weighted by Gasteiger charge is -2.30. The number of sulfonamides is 1. The fourth-order valence-corrected chi connectivity index (χ4v) is 4.88. The second kappa shape index (κ2) is 7.58. The number of nitrogens with zero attached hydrogens (tertiary/aromatic N) is 1. The Bertz CT molecular complexity index is 816. The first-order valence-electron chi connectivity index (χ1n) is 8.85. The first-order valence-corrected chi connectivity index (χ1v) is 10.3. The van der Waals surface area contributed by atoms with Gasteiger partial charge in [-0.1, -0.05) is 36.8 Å². The van der Waals surface area contributed by atoms with E-state index in [0.29, 0.717) is 23.9 Å². The van der Waals surface area contributed by atoms with Crippen LogP contribution in [-0.2, 0) is 16.6 Å². The minimum absolute atomic E-state index is 0.378. The average Bonchev–Trinajstić information content (AvgIpc) is 2.60. The number of hydrogen-bond acceptors (Lipinski definition) is 3. The van der Waals surface area contributed by atoms with E-state index in [0.717, 1.165) is 25.1 Å². The number of nitrogens with one attached hydrogen (secondary N) is 1. The molecule has 0 aromatic heterocycles. The molecule has 2 aromatic rings. The number of aryl methyl sites for hydroxylation is 1. The van der Waals surface area contributed by atoms with Crippen molar-refractivity contribution in [2.45, 2.75) is 38.1 Å². The van der Waals surface area contributed by atoms with Gasteiger partial charge >= 0.3 is 0 Å². The summed E-state index contributed by atoms with van der Waals surface area (Å²) in [5.41, 5.74) is 3.36. The van der Waals surface area contributed by atoms with Crippen LogP contribution >= 0.6 is 0 Å². The van der Waals surface area contributed by atoms with Crippen LogP contribution in [0.4, 0.5) is 5.69 Å². The maximum Gasteiger partial charge on any atom is 0.243 e. The third-order valence-corrected chi connectivity index (χ3v) is 6.57. The molecule has 1 unspecified atom stereocenters. The SMILES string of the molecule is Cc1cccc(CNc2ccc(S(=O)(=O)N3CCCC(C)C3)cc2)c1. The van der Waals surface area contributed by atoms with Crippen LogP contribution in [0.1, 0.15) is 30.9 Å². The van der Waals surface area contributed by atoms with Gasteiger partial charge in [-0.15, -0.1) is 0 Å². The second-order valence-electron chi connectivity index (χ2n) is 6.98. The summed E-state index contributed by atoms with van der Waals surface area (Å²) in [7, 11) is -3.38. The van der Waals surface area contributed by atoms with E-state index in [1.807, 2.05) is 18.2 Å². The van der Waals surface area contributed by atoms with Crippen molar-refractivity contribution in [2.24, 2.45) is 5.92 Å². The first kappa shape index (κ1) is 18.0. The molecule has 0 amide bonds. The van der Waals surface area contributed by atoms with Gasteiger partial charge in [0.15, 0.2) is 0 Å². The Hall–Kier alpha value is -1.85. The van der Waals surface area contributed by atoms with Crippen molar-refractivity contribution in [1.29, 1.82) is 0 Å². The summed E-state index contributed by atoms with van der Waals surface area (Å²) >= 11 is 0. The zero-order valence-corrected chi connectivity index (χ0v) is 15.7. The van der Waals surface area contributed by atoms with Crippen LogP contribution in [0.2, 0.25) is 0 Å².